The predicted octanol–water partition coefficient (Wildman–Crippen LogP) is 7.05. The van der Waals surface area contributed by atoms with Gasteiger partial charge in [0.05, 0.1) is 10.8 Å². The van der Waals surface area contributed by atoms with Crippen LogP contribution in [0.15, 0.2) is 90.1 Å². The van der Waals surface area contributed by atoms with Crippen LogP contribution in [0.2, 0.25) is 0 Å². The molecule has 1 unspecified atom stereocenters. The van der Waals surface area contributed by atoms with E-state index in [1.165, 1.54) is 11.8 Å². The van der Waals surface area contributed by atoms with E-state index in [-0.39, 0.29) is 5.25 Å². The first-order chi connectivity index (χ1) is 15.5. The van der Waals surface area contributed by atoms with Crippen molar-refractivity contribution in [3.63, 3.8) is 0 Å². The number of hydrogen-bond donors (Lipinski definition) is 0. The molecular weight excluding hydrogens is 431 g/mol. The summed E-state index contributed by atoms with van der Waals surface area (Å²) in [6.45, 7) is 0. The van der Waals surface area contributed by atoms with E-state index in [0.717, 1.165) is 52.8 Å². The molecule has 5 rings (SSSR count). The van der Waals surface area contributed by atoms with Crippen LogP contribution in [0, 0.1) is 0 Å². The lowest BCUT2D eigenvalue weighted by Crippen LogP contribution is -2.06. The highest BCUT2D eigenvalue weighted by Gasteiger charge is 2.33. The van der Waals surface area contributed by atoms with Crippen molar-refractivity contribution >= 4 is 11.8 Å². The van der Waals surface area contributed by atoms with Crippen molar-refractivity contribution in [2.75, 3.05) is 0 Å². The minimum Gasteiger partial charge on any atom is -0.274 e. The van der Waals surface area contributed by atoms with Crippen LogP contribution in [0.3, 0.4) is 0 Å². The fraction of sp³-hybridized carbons (Fsp3) is 0.200. The second-order valence-electron chi connectivity index (χ2n) is 7.81. The Morgan fingerprint density at radius 2 is 1.38 bits per heavy atom. The van der Waals surface area contributed by atoms with E-state index < -0.39 is 11.7 Å². The van der Waals surface area contributed by atoms with E-state index in [1.54, 1.807) is 12.1 Å². The molecule has 3 nitrogen and oxygen atoms in total. The SMILES string of the molecule is FC(F)(F)c1ccc(C(Sc2nnc(C3CC3)n2-c2ccccc2)c2ccccc2)cc1. The molecule has 1 aromatic heterocycles. The van der Waals surface area contributed by atoms with Gasteiger partial charge in [-0.1, -0.05) is 72.4 Å². The second-order valence-corrected chi connectivity index (χ2v) is 8.89. The number of para-hydroxylation sites is 1. The number of alkyl halides is 3. The Balaban J connectivity index is 1.56. The third-order valence-electron chi connectivity index (χ3n) is 5.48. The maximum absolute atomic E-state index is 13.1. The van der Waals surface area contributed by atoms with Crippen LogP contribution in [0.25, 0.3) is 5.69 Å². The van der Waals surface area contributed by atoms with Crippen LogP contribution in [-0.4, -0.2) is 14.8 Å². The van der Waals surface area contributed by atoms with Gasteiger partial charge in [-0.2, -0.15) is 13.2 Å². The first-order valence-corrected chi connectivity index (χ1v) is 11.3. The van der Waals surface area contributed by atoms with Gasteiger partial charge in [0.15, 0.2) is 5.16 Å². The zero-order chi connectivity index (χ0) is 22.1. The summed E-state index contributed by atoms with van der Waals surface area (Å²) < 4.78 is 41.4. The molecule has 1 saturated carbocycles. The van der Waals surface area contributed by atoms with Gasteiger partial charge >= 0.3 is 6.18 Å². The molecule has 3 aromatic carbocycles. The Kier molecular flexibility index (Phi) is 5.51. The lowest BCUT2D eigenvalue weighted by Gasteiger charge is -2.19. The molecule has 4 aromatic rings. The molecule has 0 aliphatic heterocycles. The largest absolute Gasteiger partial charge is 0.416 e. The summed E-state index contributed by atoms with van der Waals surface area (Å²) in [4.78, 5) is 0. The molecule has 0 radical (unpaired) electrons. The minimum absolute atomic E-state index is 0.225. The Morgan fingerprint density at radius 1 is 0.781 bits per heavy atom. The van der Waals surface area contributed by atoms with Crippen molar-refractivity contribution in [2.24, 2.45) is 0 Å². The first kappa shape index (κ1) is 20.8. The topological polar surface area (TPSA) is 30.7 Å². The van der Waals surface area contributed by atoms with E-state index in [4.69, 9.17) is 0 Å². The number of aromatic nitrogens is 3. The van der Waals surface area contributed by atoms with Gasteiger partial charge in [0, 0.05) is 11.6 Å². The molecule has 1 aliphatic carbocycles. The normalized spacial score (nSPS) is 15.0. The lowest BCUT2D eigenvalue weighted by molar-refractivity contribution is -0.137. The zero-order valence-corrected chi connectivity index (χ0v) is 17.9. The summed E-state index contributed by atoms with van der Waals surface area (Å²) in [5.41, 5.74) is 2.11. The molecule has 32 heavy (non-hydrogen) atoms. The van der Waals surface area contributed by atoms with Crippen LogP contribution in [0.1, 0.15) is 46.5 Å². The monoisotopic (exact) mass is 451 g/mol. The Morgan fingerprint density at radius 3 is 1.97 bits per heavy atom. The standard InChI is InChI=1S/C25H20F3N3S/c26-25(27,28)20-15-13-18(14-16-20)22(17-7-3-1-4-8-17)32-24-30-29-23(19-11-12-19)31(24)21-9-5-2-6-10-21/h1-10,13-16,19,22H,11-12H2. The van der Waals surface area contributed by atoms with Crippen LogP contribution < -0.4 is 0 Å². The molecule has 1 fully saturated rings. The van der Waals surface area contributed by atoms with E-state index in [1.807, 2.05) is 60.7 Å². The lowest BCUT2D eigenvalue weighted by atomic mass is 10.0. The zero-order valence-electron chi connectivity index (χ0n) is 17.0. The average molecular weight is 452 g/mol. The molecule has 7 heteroatoms. The molecule has 1 aliphatic rings. The van der Waals surface area contributed by atoms with Crippen molar-refractivity contribution in [2.45, 2.75) is 35.3 Å². The number of thioether (sulfide) groups is 1. The van der Waals surface area contributed by atoms with Crippen molar-refractivity contribution in [1.29, 1.82) is 0 Å². The fourth-order valence-electron chi connectivity index (χ4n) is 3.69. The van der Waals surface area contributed by atoms with Crippen LogP contribution in [0.4, 0.5) is 13.2 Å². The molecule has 0 saturated heterocycles. The van der Waals surface area contributed by atoms with Crippen LogP contribution >= 0.6 is 11.8 Å². The maximum atomic E-state index is 13.1. The van der Waals surface area contributed by atoms with E-state index in [2.05, 4.69) is 14.8 Å². The number of benzene rings is 3. The highest BCUT2D eigenvalue weighted by molar-refractivity contribution is 7.99. The quantitative estimate of drug-likeness (QED) is 0.295. The van der Waals surface area contributed by atoms with Gasteiger partial charge in [-0.25, -0.2) is 0 Å². The van der Waals surface area contributed by atoms with Crippen LogP contribution in [0.5, 0.6) is 0 Å². The highest BCUT2D eigenvalue weighted by Crippen LogP contribution is 2.45. The molecular formula is C25H20F3N3S. The Labute approximate surface area is 188 Å². The van der Waals surface area contributed by atoms with Gasteiger partial charge in [0.25, 0.3) is 0 Å². The van der Waals surface area contributed by atoms with Crippen molar-refractivity contribution < 1.29 is 13.2 Å². The van der Waals surface area contributed by atoms with Crippen molar-refractivity contribution in [3.8, 4) is 5.69 Å². The summed E-state index contributed by atoms with van der Waals surface area (Å²) >= 11 is 1.50. The number of halogens is 3. The van der Waals surface area contributed by atoms with Crippen LogP contribution in [-0.2, 0) is 6.18 Å². The van der Waals surface area contributed by atoms with Gasteiger partial charge in [-0.05, 0) is 48.2 Å². The third-order valence-corrected chi connectivity index (χ3v) is 6.74. The van der Waals surface area contributed by atoms with E-state index in [0.29, 0.717) is 5.92 Å². The fourth-order valence-corrected chi connectivity index (χ4v) is 4.88. The van der Waals surface area contributed by atoms with E-state index >= 15 is 0 Å². The molecule has 0 bridgehead atoms. The average Bonchev–Trinajstić information content (AvgIpc) is 3.57. The van der Waals surface area contributed by atoms with Gasteiger partial charge in [0.2, 0.25) is 0 Å². The predicted molar refractivity (Wildman–Crippen MR) is 119 cm³/mol. The Hall–Kier alpha value is -3.06. The number of nitrogens with zero attached hydrogens (tertiary/aromatic N) is 3. The molecule has 0 N–H and O–H groups in total. The highest BCUT2D eigenvalue weighted by atomic mass is 32.2. The number of rotatable bonds is 6. The van der Waals surface area contributed by atoms with Gasteiger partial charge in [0.1, 0.15) is 5.82 Å². The van der Waals surface area contributed by atoms with Crippen molar-refractivity contribution in [3.05, 3.63) is 107 Å². The van der Waals surface area contributed by atoms with Gasteiger partial charge in [-0.15, -0.1) is 10.2 Å². The van der Waals surface area contributed by atoms with Gasteiger partial charge < -0.3 is 0 Å². The molecule has 0 spiro atoms. The maximum Gasteiger partial charge on any atom is 0.416 e. The summed E-state index contributed by atoms with van der Waals surface area (Å²) in [6.07, 6.45) is -2.17. The second kappa shape index (κ2) is 8.47. The van der Waals surface area contributed by atoms with Crippen molar-refractivity contribution in [1.82, 2.24) is 14.8 Å². The molecule has 1 heterocycles. The van der Waals surface area contributed by atoms with Gasteiger partial charge in [-0.3, -0.25) is 4.57 Å². The minimum atomic E-state index is -4.36. The summed E-state index contributed by atoms with van der Waals surface area (Å²) in [6, 6.07) is 25.1. The smallest absolute Gasteiger partial charge is 0.274 e. The molecule has 1 atom stereocenters. The van der Waals surface area contributed by atoms with E-state index in [9.17, 15) is 13.2 Å². The Bertz CT molecular complexity index is 1180. The summed E-state index contributed by atoms with van der Waals surface area (Å²) in [5, 5.41) is 9.49. The number of hydrogen-bond acceptors (Lipinski definition) is 3. The first-order valence-electron chi connectivity index (χ1n) is 10.4. The molecule has 162 valence electrons. The molecule has 0 amide bonds. The summed E-state index contributed by atoms with van der Waals surface area (Å²) in [5.74, 6) is 1.34. The third kappa shape index (κ3) is 4.30. The summed E-state index contributed by atoms with van der Waals surface area (Å²) in [7, 11) is 0.